The first-order valence-corrected chi connectivity index (χ1v) is 10.0. The number of hydrogen-bond acceptors (Lipinski definition) is 7. The molecule has 0 heterocycles. The van der Waals surface area contributed by atoms with E-state index in [4.69, 9.17) is 13.0 Å². The van der Waals surface area contributed by atoms with E-state index >= 15 is 0 Å². The summed E-state index contributed by atoms with van der Waals surface area (Å²) >= 11 is 0. The number of rotatable bonds is 11. The minimum Gasteiger partial charge on any atom is -0.382 e. The predicted octanol–water partition coefficient (Wildman–Crippen LogP) is 0.778. The van der Waals surface area contributed by atoms with Crippen LogP contribution >= 0.6 is 0 Å². The lowest BCUT2D eigenvalue weighted by Gasteiger charge is -2.07. The van der Waals surface area contributed by atoms with Crippen LogP contribution < -0.4 is 0 Å². The van der Waals surface area contributed by atoms with Gasteiger partial charge in [0.05, 0.1) is 46.9 Å². The molecule has 0 radical (unpaired) electrons. The molecule has 0 N–H and O–H groups in total. The summed E-state index contributed by atoms with van der Waals surface area (Å²) in [4.78, 5) is -0.0434. The molecule has 0 saturated carbocycles. The maximum atomic E-state index is 11.9. The van der Waals surface area contributed by atoms with E-state index in [0.717, 1.165) is 5.56 Å². The molecule has 0 amide bonds. The molecule has 0 fully saturated rings. The van der Waals surface area contributed by atoms with E-state index < -0.39 is 39.4 Å². The van der Waals surface area contributed by atoms with E-state index in [1.165, 1.54) is 12.1 Å². The number of hydrogen-bond donors (Lipinski definition) is 0. The fraction of sp³-hybridized carbons (Fsp3) is 0.571. The van der Waals surface area contributed by atoms with Crippen molar-refractivity contribution >= 4 is 20.0 Å². The van der Waals surface area contributed by atoms with Gasteiger partial charge in [0, 0.05) is 7.04 Å². The Kier molecular flexibility index (Phi) is 6.30. The number of aryl methyl sites for hydroxylation is 1. The number of ether oxygens (including phenoxy) is 2. The summed E-state index contributed by atoms with van der Waals surface area (Å²) in [6.45, 7) is 0.903. The van der Waals surface area contributed by atoms with Crippen LogP contribution in [0.3, 0.4) is 0 Å². The Hall–Kier alpha value is -1.00. The van der Waals surface area contributed by atoms with E-state index in [0.29, 0.717) is 0 Å². The van der Waals surface area contributed by atoms with Gasteiger partial charge in [0.15, 0.2) is 9.84 Å². The lowest BCUT2D eigenvalue weighted by Crippen LogP contribution is -2.21. The van der Waals surface area contributed by atoms with Crippen molar-refractivity contribution in [3.63, 3.8) is 0 Å². The molecule has 1 aromatic carbocycles. The zero-order valence-corrected chi connectivity index (χ0v) is 14.4. The predicted molar refractivity (Wildman–Crippen MR) is 85.7 cm³/mol. The Morgan fingerprint density at radius 2 is 1.61 bits per heavy atom. The minimum absolute atomic E-state index is 0.0434. The van der Waals surface area contributed by atoms with E-state index in [2.05, 4.69) is 4.74 Å². The lowest BCUT2D eigenvalue weighted by atomic mass is 10.2. The van der Waals surface area contributed by atoms with Crippen molar-refractivity contribution in [1.82, 2.24) is 0 Å². The highest BCUT2D eigenvalue weighted by molar-refractivity contribution is 7.91. The van der Waals surface area contributed by atoms with Crippen molar-refractivity contribution < 1.29 is 34.6 Å². The summed E-state index contributed by atoms with van der Waals surface area (Å²) in [7, 11) is -10.1. The zero-order chi connectivity index (χ0) is 19.8. The first kappa shape index (κ1) is 15.5. The third kappa shape index (κ3) is 7.89. The molecule has 0 aliphatic rings. The van der Waals surface area contributed by atoms with Gasteiger partial charge < -0.3 is 9.47 Å². The highest BCUT2D eigenvalue weighted by Gasteiger charge is 2.17. The molecular weight excluding hydrogens is 344 g/mol. The molecule has 0 bridgehead atoms. The van der Waals surface area contributed by atoms with Crippen LogP contribution in [0.25, 0.3) is 0 Å². The van der Waals surface area contributed by atoms with Gasteiger partial charge in [-0.05, 0) is 19.1 Å². The summed E-state index contributed by atoms with van der Waals surface area (Å²) in [6.07, 6.45) is 0. The largest absolute Gasteiger partial charge is 0.382 e. The van der Waals surface area contributed by atoms with E-state index in [1.54, 1.807) is 19.1 Å². The van der Waals surface area contributed by atoms with E-state index in [-0.39, 0.29) is 30.5 Å². The van der Waals surface area contributed by atoms with Gasteiger partial charge >= 0.3 is 0 Å². The van der Waals surface area contributed by atoms with Crippen molar-refractivity contribution in [3.8, 4) is 0 Å². The van der Waals surface area contributed by atoms with E-state index in [1.807, 2.05) is 0 Å². The molecule has 0 atom stereocenters. The molecule has 0 saturated heterocycles. The Balaban J connectivity index is 2.31. The second kappa shape index (κ2) is 9.33. The van der Waals surface area contributed by atoms with Crippen molar-refractivity contribution in [3.05, 3.63) is 29.8 Å². The fourth-order valence-corrected chi connectivity index (χ4v) is 3.46. The first-order valence-electron chi connectivity index (χ1n) is 8.29. The molecule has 1 aromatic rings. The highest BCUT2D eigenvalue weighted by atomic mass is 32.2. The van der Waals surface area contributed by atoms with Gasteiger partial charge in [-0.2, -0.15) is 8.42 Å². The van der Waals surface area contributed by atoms with Crippen molar-refractivity contribution in [2.24, 2.45) is 0 Å². The minimum atomic E-state index is -4.01. The van der Waals surface area contributed by atoms with Gasteiger partial charge in [0.25, 0.3) is 10.1 Å². The summed E-state index contributed by atoms with van der Waals surface area (Å²) in [5, 5.41) is 0. The van der Waals surface area contributed by atoms with Crippen LogP contribution in [0.1, 0.15) is 9.68 Å². The maximum Gasteiger partial charge on any atom is 0.297 e. The molecular formula is C14H22O7S2. The Morgan fingerprint density at radius 1 is 0.957 bits per heavy atom. The monoisotopic (exact) mass is 369 g/mol. The molecule has 132 valence electrons. The Labute approximate surface area is 141 Å². The van der Waals surface area contributed by atoms with Crippen molar-refractivity contribution in [2.75, 3.05) is 45.0 Å². The van der Waals surface area contributed by atoms with Crippen LogP contribution in [-0.4, -0.2) is 61.8 Å². The molecule has 1 rings (SSSR count). The fourth-order valence-electron chi connectivity index (χ4n) is 1.53. The van der Waals surface area contributed by atoms with Gasteiger partial charge in [-0.15, -0.1) is 0 Å². The highest BCUT2D eigenvalue weighted by Crippen LogP contribution is 2.13. The standard InChI is InChI=1S/C14H22O7S2/c1-13-3-5-14(6-4-13)23(17,18)21-10-12-22(15,16)11-9-20-8-7-19-2/h3-6H,7-12H2,1-2H3/i2D3. The van der Waals surface area contributed by atoms with Crippen LogP contribution in [0, 0.1) is 6.92 Å². The summed E-state index contributed by atoms with van der Waals surface area (Å²) in [5.41, 5.74) is 0.885. The topological polar surface area (TPSA) is 96.0 Å². The molecule has 9 heteroatoms. The molecule has 0 aliphatic heterocycles. The average Bonchev–Trinajstić information content (AvgIpc) is 2.49. The smallest absolute Gasteiger partial charge is 0.297 e. The molecule has 23 heavy (non-hydrogen) atoms. The van der Waals surface area contributed by atoms with Crippen molar-refractivity contribution in [1.29, 1.82) is 0 Å². The maximum absolute atomic E-state index is 11.9. The average molecular weight is 369 g/mol. The van der Waals surface area contributed by atoms with Gasteiger partial charge in [-0.25, -0.2) is 8.42 Å². The third-order valence-electron chi connectivity index (χ3n) is 2.81. The van der Waals surface area contributed by atoms with Crippen molar-refractivity contribution in [2.45, 2.75) is 11.8 Å². The molecule has 0 aromatic heterocycles. The molecule has 7 nitrogen and oxygen atoms in total. The summed E-state index contributed by atoms with van der Waals surface area (Å²) in [5.74, 6) is -0.818. The first-order chi connectivity index (χ1) is 11.9. The third-order valence-corrected chi connectivity index (χ3v) is 5.71. The second-order valence-electron chi connectivity index (χ2n) is 4.70. The van der Waals surface area contributed by atoms with Gasteiger partial charge in [-0.3, -0.25) is 4.18 Å². The molecule has 0 aliphatic carbocycles. The Bertz CT molecular complexity index is 757. The molecule has 0 spiro atoms. The number of methoxy groups -OCH3 is 1. The van der Waals surface area contributed by atoms with Gasteiger partial charge in [0.2, 0.25) is 0 Å². The van der Waals surface area contributed by atoms with Crippen LogP contribution in [0.4, 0.5) is 0 Å². The summed E-state index contributed by atoms with van der Waals surface area (Å²) in [6, 6.07) is 5.99. The second-order valence-corrected chi connectivity index (χ2v) is 8.62. The van der Waals surface area contributed by atoms with Gasteiger partial charge in [0.1, 0.15) is 0 Å². The zero-order valence-electron chi connectivity index (χ0n) is 15.7. The lowest BCUT2D eigenvalue weighted by molar-refractivity contribution is 0.0785. The van der Waals surface area contributed by atoms with Crippen LogP contribution in [0.15, 0.2) is 29.2 Å². The van der Waals surface area contributed by atoms with Gasteiger partial charge in [-0.1, -0.05) is 17.7 Å². The Morgan fingerprint density at radius 3 is 2.26 bits per heavy atom. The van der Waals surface area contributed by atoms with Crippen LogP contribution in [0.5, 0.6) is 0 Å². The summed E-state index contributed by atoms with van der Waals surface area (Å²) < 4.78 is 82.1. The number of sulfone groups is 1. The molecule has 0 unspecified atom stereocenters. The van der Waals surface area contributed by atoms with E-state index in [9.17, 15) is 16.8 Å². The number of benzene rings is 1. The quantitative estimate of drug-likeness (QED) is 0.420. The van der Waals surface area contributed by atoms with Crippen LogP contribution in [0.2, 0.25) is 0 Å². The SMILES string of the molecule is [2H]C([2H])([2H])OCCOCCS(=O)(=O)CCOS(=O)(=O)c1ccc(C)cc1. The normalized spacial score (nSPS) is 14.9. The van der Waals surface area contributed by atoms with Crippen LogP contribution in [-0.2, 0) is 33.6 Å².